The number of aliphatic hydroxyl groups excluding tert-OH is 1. The number of carbonyl (C=O) groups is 2. The number of ketones is 1. The van der Waals surface area contributed by atoms with Gasteiger partial charge in [-0.25, -0.2) is 4.39 Å². The maximum atomic E-state index is 13.2. The lowest BCUT2D eigenvalue weighted by Gasteiger charge is -2.25. The van der Waals surface area contributed by atoms with Crippen molar-refractivity contribution in [2.45, 2.75) is 12.5 Å². The van der Waals surface area contributed by atoms with Crippen LogP contribution in [0.5, 0.6) is 0 Å². The Morgan fingerprint density at radius 2 is 1.65 bits per heavy atom. The number of rotatable bonds is 5. The number of nitrogens with zero attached hydrogens (tertiary/aromatic N) is 2. The molecule has 1 fully saturated rings. The number of likely N-dealkylation sites (tertiary alicyclic amines) is 1. The fourth-order valence-electron chi connectivity index (χ4n) is 3.67. The smallest absolute Gasteiger partial charge is 0.295 e. The number of Topliss-reactive ketones (excluding diaryl/α,β-unsaturated/α-hetero) is 1. The summed E-state index contributed by atoms with van der Waals surface area (Å²) in [6.45, 7) is 0.219. The van der Waals surface area contributed by atoms with Crippen molar-refractivity contribution in [1.29, 1.82) is 0 Å². The van der Waals surface area contributed by atoms with Crippen molar-refractivity contribution in [3.05, 3.63) is 106 Å². The van der Waals surface area contributed by atoms with Gasteiger partial charge in [-0.05, 0) is 53.9 Å². The summed E-state index contributed by atoms with van der Waals surface area (Å²) in [6, 6.07) is 15.1. The second-order valence-electron chi connectivity index (χ2n) is 7.16. The number of aliphatic hydroxyl groups is 1. The Balaban J connectivity index is 1.75. The molecular weight excluding hydrogens is 419 g/mol. The van der Waals surface area contributed by atoms with Crippen LogP contribution in [0.15, 0.2) is 78.6 Å². The summed E-state index contributed by atoms with van der Waals surface area (Å²) in [6.07, 6.45) is 3.42. The van der Waals surface area contributed by atoms with Gasteiger partial charge in [0.2, 0.25) is 0 Å². The highest BCUT2D eigenvalue weighted by molar-refractivity contribution is 6.46. The summed E-state index contributed by atoms with van der Waals surface area (Å²) >= 11 is 6.01. The minimum Gasteiger partial charge on any atom is -0.507 e. The summed E-state index contributed by atoms with van der Waals surface area (Å²) < 4.78 is 13.2. The van der Waals surface area contributed by atoms with Gasteiger partial charge in [-0.3, -0.25) is 14.6 Å². The van der Waals surface area contributed by atoms with E-state index < -0.39 is 17.7 Å². The fourth-order valence-corrected chi connectivity index (χ4v) is 3.79. The van der Waals surface area contributed by atoms with Crippen molar-refractivity contribution >= 4 is 29.1 Å². The van der Waals surface area contributed by atoms with E-state index in [1.807, 2.05) is 0 Å². The van der Waals surface area contributed by atoms with E-state index in [9.17, 15) is 19.1 Å². The van der Waals surface area contributed by atoms with Gasteiger partial charge in [0.15, 0.2) is 0 Å². The van der Waals surface area contributed by atoms with E-state index in [1.165, 1.54) is 29.4 Å². The molecule has 7 heteroatoms. The van der Waals surface area contributed by atoms with Crippen LogP contribution < -0.4 is 0 Å². The van der Waals surface area contributed by atoms with Crippen molar-refractivity contribution in [3.8, 4) is 0 Å². The molecule has 1 aliphatic rings. The average Bonchev–Trinajstić information content (AvgIpc) is 3.04. The molecule has 1 unspecified atom stereocenters. The highest BCUT2D eigenvalue weighted by atomic mass is 35.5. The van der Waals surface area contributed by atoms with Crippen LogP contribution in [-0.2, 0) is 16.0 Å². The normalized spacial score (nSPS) is 17.9. The molecule has 2 heterocycles. The van der Waals surface area contributed by atoms with Crippen LogP contribution >= 0.6 is 11.6 Å². The molecule has 2 aromatic carbocycles. The quantitative estimate of drug-likeness (QED) is 0.362. The van der Waals surface area contributed by atoms with Crippen LogP contribution in [0.2, 0.25) is 5.02 Å². The first-order valence-corrected chi connectivity index (χ1v) is 10.0. The molecule has 0 saturated carbocycles. The molecule has 0 radical (unpaired) electrons. The zero-order valence-corrected chi connectivity index (χ0v) is 17.1. The number of benzene rings is 2. The lowest BCUT2D eigenvalue weighted by Crippen LogP contribution is -2.31. The number of hydrogen-bond acceptors (Lipinski definition) is 4. The highest BCUT2D eigenvalue weighted by Crippen LogP contribution is 2.39. The third-order valence-corrected chi connectivity index (χ3v) is 5.49. The zero-order chi connectivity index (χ0) is 22.0. The highest BCUT2D eigenvalue weighted by Gasteiger charge is 2.45. The summed E-state index contributed by atoms with van der Waals surface area (Å²) in [5.74, 6) is -2.06. The van der Waals surface area contributed by atoms with Gasteiger partial charge in [-0.15, -0.1) is 0 Å². The summed E-state index contributed by atoms with van der Waals surface area (Å²) in [4.78, 5) is 31.2. The van der Waals surface area contributed by atoms with Gasteiger partial charge in [-0.2, -0.15) is 0 Å². The van der Waals surface area contributed by atoms with Gasteiger partial charge in [0.05, 0.1) is 11.6 Å². The number of pyridine rings is 1. The minimum atomic E-state index is -0.772. The average molecular weight is 437 g/mol. The van der Waals surface area contributed by atoms with Gasteiger partial charge in [-0.1, -0.05) is 35.9 Å². The molecule has 4 rings (SSSR count). The molecular formula is C24H18ClFN2O3. The Morgan fingerprint density at radius 3 is 2.29 bits per heavy atom. The maximum absolute atomic E-state index is 13.2. The molecule has 1 saturated heterocycles. The SMILES string of the molecule is O=C1C(=O)N(CCc2ccc(F)cc2)C(c2ccc(Cl)cc2)/C1=C(/O)c1ccncc1. The van der Waals surface area contributed by atoms with Crippen LogP contribution in [0.1, 0.15) is 22.7 Å². The number of aromatic nitrogens is 1. The lowest BCUT2D eigenvalue weighted by molar-refractivity contribution is -0.139. The van der Waals surface area contributed by atoms with Crippen LogP contribution in [0.4, 0.5) is 4.39 Å². The Morgan fingerprint density at radius 1 is 1.00 bits per heavy atom. The lowest BCUT2D eigenvalue weighted by atomic mass is 9.95. The largest absolute Gasteiger partial charge is 0.507 e. The van der Waals surface area contributed by atoms with Gasteiger partial charge >= 0.3 is 0 Å². The van der Waals surface area contributed by atoms with Crippen molar-refractivity contribution in [2.24, 2.45) is 0 Å². The van der Waals surface area contributed by atoms with Crippen molar-refractivity contribution in [1.82, 2.24) is 9.88 Å². The van der Waals surface area contributed by atoms with Crippen molar-refractivity contribution in [3.63, 3.8) is 0 Å². The molecule has 0 aliphatic carbocycles. The van der Waals surface area contributed by atoms with Crippen LogP contribution in [0.3, 0.4) is 0 Å². The molecule has 1 atom stereocenters. The van der Waals surface area contributed by atoms with Gasteiger partial charge in [0.25, 0.3) is 11.7 Å². The Kier molecular flexibility index (Phi) is 5.82. The third-order valence-electron chi connectivity index (χ3n) is 5.23. The first-order chi connectivity index (χ1) is 15.0. The second kappa shape index (κ2) is 8.70. The number of halogens is 2. The van der Waals surface area contributed by atoms with E-state index in [-0.39, 0.29) is 23.7 Å². The zero-order valence-electron chi connectivity index (χ0n) is 16.3. The maximum Gasteiger partial charge on any atom is 0.295 e. The topological polar surface area (TPSA) is 70.5 Å². The van der Waals surface area contributed by atoms with Crippen LogP contribution in [0.25, 0.3) is 5.76 Å². The molecule has 31 heavy (non-hydrogen) atoms. The van der Waals surface area contributed by atoms with Gasteiger partial charge < -0.3 is 10.0 Å². The molecule has 0 bridgehead atoms. The number of amides is 1. The van der Waals surface area contributed by atoms with E-state index in [2.05, 4.69) is 4.98 Å². The van der Waals surface area contributed by atoms with Gasteiger partial charge in [0, 0.05) is 29.5 Å². The summed E-state index contributed by atoms with van der Waals surface area (Å²) in [5, 5.41) is 11.4. The predicted molar refractivity (Wildman–Crippen MR) is 115 cm³/mol. The predicted octanol–water partition coefficient (Wildman–Crippen LogP) is 4.54. The Hall–Kier alpha value is -3.51. The third kappa shape index (κ3) is 4.20. The van der Waals surface area contributed by atoms with E-state index in [0.29, 0.717) is 22.6 Å². The first-order valence-electron chi connectivity index (χ1n) is 9.64. The van der Waals surface area contributed by atoms with E-state index in [0.717, 1.165) is 5.56 Å². The monoisotopic (exact) mass is 436 g/mol. The first kappa shape index (κ1) is 20.8. The van der Waals surface area contributed by atoms with E-state index in [4.69, 9.17) is 11.6 Å². The molecule has 1 aromatic heterocycles. The minimum absolute atomic E-state index is 0.0117. The van der Waals surface area contributed by atoms with Crippen molar-refractivity contribution < 1.29 is 19.1 Å². The molecule has 5 nitrogen and oxygen atoms in total. The van der Waals surface area contributed by atoms with Crippen LogP contribution in [0, 0.1) is 5.82 Å². The van der Waals surface area contributed by atoms with E-state index >= 15 is 0 Å². The number of carbonyl (C=O) groups excluding carboxylic acids is 2. The molecule has 1 N–H and O–H groups in total. The fraction of sp³-hybridized carbons (Fsp3) is 0.125. The van der Waals surface area contributed by atoms with E-state index in [1.54, 1.807) is 48.5 Å². The Bertz CT molecular complexity index is 1150. The van der Waals surface area contributed by atoms with Crippen LogP contribution in [-0.4, -0.2) is 33.2 Å². The molecule has 1 aliphatic heterocycles. The molecule has 0 spiro atoms. The molecule has 3 aromatic rings. The molecule has 1 amide bonds. The number of hydrogen-bond donors (Lipinski definition) is 1. The molecule has 156 valence electrons. The Labute approximate surface area is 183 Å². The second-order valence-corrected chi connectivity index (χ2v) is 7.59. The van der Waals surface area contributed by atoms with Gasteiger partial charge in [0.1, 0.15) is 11.6 Å². The summed E-state index contributed by atoms with van der Waals surface area (Å²) in [5.41, 5.74) is 1.88. The summed E-state index contributed by atoms with van der Waals surface area (Å²) in [7, 11) is 0. The standard InChI is InChI=1S/C24H18ClFN2O3/c25-18-5-3-16(4-6-18)21-20(22(29)17-9-12-27-13-10-17)23(30)24(31)28(21)14-11-15-1-7-19(26)8-2-15/h1-10,12-13,21,29H,11,14H2/b22-20-. The van der Waals surface area contributed by atoms with Crippen molar-refractivity contribution in [2.75, 3.05) is 6.54 Å².